The molecule has 1 aromatic heterocycles. The first-order chi connectivity index (χ1) is 15.8. The number of amidine groups is 1. The van der Waals surface area contributed by atoms with E-state index < -0.39 is 0 Å². The lowest BCUT2D eigenvalue weighted by Crippen LogP contribution is -2.12. The summed E-state index contributed by atoms with van der Waals surface area (Å²) in [6.45, 7) is 0. The van der Waals surface area contributed by atoms with Gasteiger partial charge in [-0.05, 0) is 29.3 Å². The number of nitrogens with one attached hydrogen (secondary N) is 1. The number of nitrogens with zero attached hydrogens (tertiary/aromatic N) is 3. The Balaban J connectivity index is 1.38. The third-order valence-corrected chi connectivity index (χ3v) is 5.71. The van der Waals surface area contributed by atoms with E-state index in [1.165, 1.54) is 11.1 Å². The average molecular weight is 413 g/mol. The molecule has 1 heterocycles. The van der Waals surface area contributed by atoms with E-state index in [2.05, 4.69) is 56.9 Å². The summed E-state index contributed by atoms with van der Waals surface area (Å²) in [4.78, 5) is 4.58. The highest BCUT2D eigenvalue weighted by Crippen LogP contribution is 2.46. The Hall–Kier alpha value is -4.51. The highest BCUT2D eigenvalue weighted by Gasteiger charge is 2.24. The molecule has 0 amide bonds. The molecule has 32 heavy (non-hydrogen) atoms. The second kappa shape index (κ2) is 7.32. The summed E-state index contributed by atoms with van der Waals surface area (Å²) >= 11 is 0. The minimum atomic E-state index is 0.477. The quantitative estimate of drug-likeness (QED) is 0.272. The maximum absolute atomic E-state index is 6.19. The smallest absolute Gasteiger partial charge is 0.161 e. The molecule has 0 saturated heterocycles. The summed E-state index contributed by atoms with van der Waals surface area (Å²) in [6.07, 6.45) is 0. The van der Waals surface area contributed by atoms with Crippen LogP contribution in [0, 0.1) is 0 Å². The molecule has 0 fully saturated rings. The predicted octanol–water partition coefficient (Wildman–Crippen LogP) is 6.06. The van der Waals surface area contributed by atoms with Gasteiger partial charge in [0.1, 0.15) is 11.5 Å². The van der Waals surface area contributed by atoms with Crippen molar-refractivity contribution in [2.75, 3.05) is 5.32 Å². The number of hydrogen-bond donors (Lipinski definition) is 2. The maximum atomic E-state index is 6.19. The summed E-state index contributed by atoms with van der Waals surface area (Å²) in [6, 6.07) is 32.2. The molecule has 1 aliphatic rings. The van der Waals surface area contributed by atoms with Gasteiger partial charge in [0, 0.05) is 27.6 Å². The Morgan fingerprint density at radius 2 is 1.47 bits per heavy atom. The van der Waals surface area contributed by atoms with Crippen molar-refractivity contribution in [1.29, 1.82) is 0 Å². The number of aromatic nitrogens is 2. The molecule has 1 aliphatic carbocycles. The van der Waals surface area contributed by atoms with Crippen LogP contribution in [0.2, 0.25) is 0 Å². The van der Waals surface area contributed by atoms with Crippen molar-refractivity contribution >= 4 is 33.8 Å². The van der Waals surface area contributed by atoms with Crippen molar-refractivity contribution < 1.29 is 0 Å². The van der Waals surface area contributed by atoms with Crippen molar-refractivity contribution in [1.82, 2.24) is 10.2 Å². The van der Waals surface area contributed by atoms with Crippen LogP contribution in [-0.4, -0.2) is 16.0 Å². The molecule has 5 nitrogen and oxygen atoms in total. The fraction of sp³-hybridized carbons (Fsp3) is 0. The van der Waals surface area contributed by atoms with Gasteiger partial charge < -0.3 is 11.1 Å². The van der Waals surface area contributed by atoms with Gasteiger partial charge >= 0.3 is 0 Å². The molecular formula is C27H19N5. The van der Waals surface area contributed by atoms with Gasteiger partial charge in [0.25, 0.3) is 0 Å². The van der Waals surface area contributed by atoms with Gasteiger partial charge in [-0.2, -0.15) is 0 Å². The van der Waals surface area contributed by atoms with Crippen LogP contribution in [0.25, 0.3) is 33.2 Å². The summed E-state index contributed by atoms with van der Waals surface area (Å²) in [5.41, 5.74) is 13.2. The van der Waals surface area contributed by atoms with Crippen LogP contribution in [-0.2, 0) is 0 Å². The minimum absolute atomic E-state index is 0.477. The van der Waals surface area contributed by atoms with E-state index in [1.54, 1.807) is 0 Å². The molecular weight excluding hydrogens is 394 g/mol. The third kappa shape index (κ3) is 2.99. The van der Waals surface area contributed by atoms with Crippen LogP contribution < -0.4 is 11.1 Å². The molecule has 0 radical (unpaired) electrons. The van der Waals surface area contributed by atoms with Crippen LogP contribution in [0.5, 0.6) is 0 Å². The first-order valence-corrected chi connectivity index (χ1v) is 10.4. The van der Waals surface area contributed by atoms with Gasteiger partial charge in [0.2, 0.25) is 0 Å². The van der Waals surface area contributed by atoms with Crippen molar-refractivity contribution in [2.45, 2.75) is 0 Å². The number of aliphatic imine (C=N–C) groups is 1. The number of anilines is 2. The highest BCUT2D eigenvalue weighted by atomic mass is 15.2. The van der Waals surface area contributed by atoms with Crippen LogP contribution in [0.4, 0.5) is 17.2 Å². The lowest BCUT2D eigenvalue weighted by molar-refractivity contribution is 1.06. The van der Waals surface area contributed by atoms with E-state index in [0.717, 1.165) is 44.8 Å². The van der Waals surface area contributed by atoms with E-state index in [0.29, 0.717) is 5.84 Å². The van der Waals surface area contributed by atoms with E-state index in [4.69, 9.17) is 5.73 Å². The largest absolute Gasteiger partial charge is 0.383 e. The predicted molar refractivity (Wildman–Crippen MR) is 131 cm³/mol. The molecule has 0 unspecified atom stereocenters. The number of benzene rings is 4. The van der Waals surface area contributed by atoms with Crippen molar-refractivity contribution in [3.05, 3.63) is 103 Å². The monoisotopic (exact) mass is 413 g/mol. The van der Waals surface area contributed by atoms with Crippen LogP contribution >= 0.6 is 0 Å². The van der Waals surface area contributed by atoms with Gasteiger partial charge in [-0.3, -0.25) is 0 Å². The fourth-order valence-corrected chi connectivity index (χ4v) is 4.24. The zero-order chi connectivity index (χ0) is 21.5. The zero-order valence-electron chi connectivity index (χ0n) is 17.2. The molecule has 152 valence electrons. The van der Waals surface area contributed by atoms with Gasteiger partial charge in [-0.15, -0.1) is 10.2 Å². The molecule has 0 aliphatic heterocycles. The third-order valence-electron chi connectivity index (χ3n) is 5.71. The molecule has 0 saturated carbocycles. The second-order valence-corrected chi connectivity index (χ2v) is 7.71. The molecule has 4 aromatic carbocycles. The first kappa shape index (κ1) is 18.3. The highest BCUT2D eigenvalue weighted by molar-refractivity contribution is 6.16. The molecule has 6 rings (SSSR count). The number of fused-ring (bicyclic) bond motifs is 3. The Kier molecular flexibility index (Phi) is 4.18. The minimum Gasteiger partial charge on any atom is -0.383 e. The van der Waals surface area contributed by atoms with Gasteiger partial charge in [-0.25, -0.2) is 4.99 Å². The standard InChI is InChI=1S/C27H19N5/c28-26(17-8-2-1-3-9-17)29-18-10-6-11-19(16-18)30-27-23-15-7-14-21-20-12-4-5-13-22(20)25(24(21)23)31-32-27/h1-16H,(H2,28,29)(H,30,32). The summed E-state index contributed by atoms with van der Waals surface area (Å²) < 4.78 is 0. The molecule has 0 spiro atoms. The van der Waals surface area contributed by atoms with Gasteiger partial charge in [0.05, 0.1) is 5.69 Å². The maximum Gasteiger partial charge on any atom is 0.161 e. The lowest BCUT2D eigenvalue weighted by Gasteiger charge is -2.10. The molecule has 3 N–H and O–H groups in total. The molecule has 0 bridgehead atoms. The van der Waals surface area contributed by atoms with E-state index in [9.17, 15) is 0 Å². The first-order valence-electron chi connectivity index (χ1n) is 10.4. The van der Waals surface area contributed by atoms with Crippen LogP contribution in [0.1, 0.15) is 5.56 Å². The number of nitrogens with two attached hydrogens (primary N) is 1. The molecule has 0 atom stereocenters. The normalized spacial score (nSPS) is 12.1. The van der Waals surface area contributed by atoms with Crippen molar-refractivity contribution in [2.24, 2.45) is 10.7 Å². The second-order valence-electron chi connectivity index (χ2n) is 7.71. The van der Waals surface area contributed by atoms with Crippen LogP contribution in [0.15, 0.2) is 102 Å². The average Bonchev–Trinajstić information content (AvgIpc) is 3.17. The van der Waals surface area contributed by atoms with Crippen molar-refractivity contribution in [3.8, 4) is 22.4 Å². The van der Waals surface area contributed by atoms with Crippen LogP contribution in [0.3, 0.4) is 0 Å². The SMILES string of the molecule is NC(=Nc1cccc(Nc2nnc3c4c(cccc24)-c2ccccc2-3)c1)c1ccccc1. The Bertz CT molecular complexity index is 1480. The molecule has 5 heteroatoms. The summed E-state index contributed by atoms with van der Waals surface area (Å²) in [5, 5.41) is 14.7. The topological polar surface area (TPSA) is 76.2 Å². The number of rotatable bonds is 4. The molecule has 5 aromatic rings. The fourth-order valence-electron chi connectivity index (χ4n) is 4.24. The van der Waals surface area contributed by atoms with E-state index in [-0.39, 0.29) is 0 Å². The summed E-state index contributed by atoms with van der Waals surface area (Å²) in [7, 11) is 0. The van der Waals surface area contributed by atoms with Crippen molar-refractivity contribution in [3.63, 3.8) is 0 Å². The Labute approximate surface area is 185 Å². The Morgan fingerprint density at radius 3 is 2.34 bits per heavy atom. The number of hydrogen-bond acceptors (Lipinski definition) is 4. The Morgan fingerprint density at radius 1 is 0.719 bits per heavy atom. The lowest BCUT2D eigenvalue weighted by atomic mass is 10.0. The van der Waals surface area contributed by atoms with Gasteiger partial charge in [-0.1, -0.05) is 78.9 Å². The van der Waals surface area contributed by atoms with E-state index in [1.807, 2.05) is 60.7 Å². The van der Waals surface area contributed by atoms with Gasteiger partial charge in [0.15, 0.2) is 5.82 Å². The summed E-state index contributed by atoms with van der Waals surface area (Å²) in [5.74, 6) is 1.20. The van der Waals surface area contributed by atoms with E-state index >= 15 is 0 Å². The zero-order valence-corrected chi connectivity index (χ0v) is 17.2.